The SMILES string of the molecule is Cc1cc(C(C(=O)NC(Cc2ccccc2)C(=O)OC(C)(C)C)N(CCO)C(=O)C(CS)NC(=O)OC(C)(C)C)ccc1O. The number of aryl methyl sites for hydroxylation is 1. The van der Waals surface area contributed by atoms with E-state index in [2.05, 4.69) is 23.3 Å². The van der Waals surface area contributed by atoms with E-state index in [1.807, 2.05) is 30.3 Å². The summed E-state index contributed by atoms with van der Waals surface area (Å²) in [4.78, 5) is 55.0. The van der Waals surface area contributed by atoms with Gasteiger partial charge in [-0.05, 0) is 77.3 Å². The number of ether oxygens (including phenoxy) is 2. The molecule has 0 saturated carbocycles. The maximum Gasteiger partial charge on any atom is 0.408 e. The third-order valence-electron chi connectivity index (χ3n) is 6.18. The first-order chi connectivity index (χ1) is 20.5. The zero-order valence-corrected chi connectivity index (χ0v) is 27.3. The van der Waals surface area contributed by atoms with Gasteiger partial charge in [-0.3, -0.25) is 9.59 Å². The highest BCUT2D eigenvalue weighted by Gasteiger charge is 2.38. The van der Waals surface area contributed by atoms with Crippen molar-refractivity contribution in [3.63, 3.8) is 0 Å². The van der Waals surface area contributed by atoms with E-state index in [-0.39, 0.29) is 24.5 Å². The van der Waals surface area contributed by atoms with Crippen molar-refractivity contribution in [3.05, 3.63) is 65.2 Å². The summed E-state index contributed by atoms with van der Waals surface area (Å²) in [5.74, 6) is -2.29. The fourth-order valence-electron chi connectivity index (χ4n) is 4.30. The number of aliphatic hydroxyl groups excluding tert-OH is 1. The fourth-order valence-corrected chi connectivity index (χ4v) is 4.55. The van der Waals surface area contributed by atoms with E-state index >= 15 is 0 Å². The third kappa shape index (κ3) is 11.4. The van der Waals surface area contributed by atoms with Crippen LogP contribution < -0.4 is 10.6 Å². The number of carbonyl (C=O) groups excluding carboxylic acids is 4. The summed E-state index contributed by atoms with van der Waals surface area (Å²) in [6.45, 7) is 11.0. The van der Waals surface area contributed by atoms with Gasteiger partial charge in [0, 0.05) is 18.7 Å². The Labute approximate surface area is 264 Å². The molecule has 0 aliphatic carbocycles. The number of aliphatic hydroxyl groups is 1. The second-order valence-electron chi connectivity index (χ2n) is 12.4. The molecule has 0 saturated heterocycles. The molecule has 0 aliphatic rings. The molecular weight excluding hydrogens is 586 g/mol. The average molecular weight is 632 g/mol. The Morgan fingerprint density at radius 3 is 2.05 bits per heavy atom. The van der Waals surface area contributed by atoms with E-state index in [0.29, 0.717) is 11.1 Å². The Hall–Kier alpha value is -3.77. The van der Waals surface area contributed by atoms with Crippen LogP contribution in [0.3, 0.4) is 0 Å². The predicted octanol–water partition coefficient (Wildman–Crippen LogP) is 3.45. The number of hydrogen-bond acceptors (Lipinski definition) is 9. The van der Waals surface area contributed by atoms with Gasteiger partial charge in [0.1, 0.15) is 35.1 Å². The first-order valence-corrected chi connectivity index (χ1v) is 15.0. The van der Waals surface area contributed by atoms with E-state index in [4.69, 9.17) is 9.47 Å². The van der Waals surface area contributed by atoms with E-state index in [1.54, 1.807) is 48.5 Å². The molecule has 3 atom stereocenters. The summed E-state index contributed by atoms with van der Waals surface area (Å²) < 4.78 is 10.9. The summed E-state index contributed by atoms with van der Waals surface area (Å²) >= 11 is 4.24. The Kier molecular flexibility index (Phi) is 13.1. The quantitative estimate of drug-likeness (QED) is 0.176. The number of aromatic hydroxyl groups is 1. The maximum atomic E-state index is 14.2. The molecule has 4 N–H and O–H groups in total. The summed E-state index contributed by atoms with van der Waals surface area (Å²) in [5.41, 5.74) is -0.170. The minimum Gasteiger partial charge on any atom is -0.508 e. The smallest absolute Gasteiger partial charge is 0.408 e. The fraction of sp³-hybridized carbons (Fsp3) is 0.500. The van der Waals surface area contributed by atoms with Gasteiger partial charge in [0.2, 0.25) is 11.8 Å². The minimum absolute atomic E-state index is 0.0246. The van der Waals surface area contributed by atoms with Crippen LogP contribution in [0.5, 0.6) is 5.75 Å². The number of phenolic OH excluding ortho intramolecular Hbond substituents is 1. The van der Waals surface area contributed by atoms with E-state index < -0.39 is 59.8 Å². The average Bonchev–Trinajstić information content (AvgIpc) is 2.91. The molecule has 0 aliphatic heterocycles. The minimum atomic E-state index is -1.38. The van der Waals surface area contributed by atoms with Gasteiger partial charge in [-0.15, -0.1) is 0 Å². The monoisotopic (exact) mass is 631 g/mol. The van der Waals surface area contributed by atoms with Crippen LogP contribution in [-0.4, -0.2) is 81.2 Å². The van der Waals surface area contributed by atoms with E-state index in [1.165, 1.54) is 18.2 Å². The zero-order valence-electron chi connectivity index (χ0n) is 26.4. The maximum absolute atomic E-state index is 14.2. The molecule has 0 spiro atoms. The second kappa shape index (κ2) is 15.8. The molecule has 0 heterocycles. The van der Waals surface area contributed by atoms with Crippen molar-refractivity contribution in [1.82, 2.24) is 15.5 Å². The molecule has 0 aromatic heterocycles. The lowest BCUT2D eigenvalue weighted by molar-refractivity contribution is -0.159. The molecule has 3 unspecified atom stereocenters. The number of phenols is 1. The third-order valence-corrected chi connectivity index (χ3v) is 6.55. The van der Waals surface area contributed by atoms with Gasteiger partial charge < -0.3 is 35.2 Å². The van der Waals surface area contributed by atoms with Crippen molar-refractivity contribution in [2.75, 3.05) is 18.9 Å². The van der Waals surface area contributed by atoms with Gasteiger partial charge in [-0.1, -0.05) is 36.4 Å². The van der Waals surface area contributed by atoms with Crippen molar-refractivity contribution < 1.29 is 38.9 Å². The number of rotatable bonds is 12. The number of nitrogens with one attached hydrogen (secondary N) is 2. The summed E-state index contributed by atoms with van der Waals surface area (Å²) in [5, 5.41) is 25.4. The standard InChI is InChI=1S/C32H45N3O8S/c1-20-17-22(13-14-25(20)37)26(35(15-16-36)28(39)24(19-44)34-30(41)43-32(5,6)7)27(38)33-23(29(40)42-31(2,3)4)18-21-11-9-8-10-12-21/h8-14,17,23-24,26,36-37,44H,15-16,18-19H2,1-7H3,(H,33,38)(H,34,41). The molecule has 0 bridgehead atoms. The molecule has 0 fully saturated rings. The van der Waals surface area contributed by atoms with Gasteiger partial charge in [0.05, 0.1) is 6.61 Å². The molecule has 44 heavy (non-hydrogen) atoms. The van der Waals surface area contributed by atoms with Crippen LogP contribution in [-0.2, 0) is 30.3 Å². The molecule has 2 aromatic carbocycles. The number of amides is 3. The number of hydrogen-bond donors (Lipinski definition) is 5. The Morgan fingerprint density at radius 2 is 1.52 bits per heavy atom. The van der Waals surface area contributed by atoms with Crippen LogP contribution in [0.4, 0.5) is 4.79 Å². The van der Waals surface area contributed by atoms with Crippen LogP contribution in [0.2, 0.25) is 0 Å². The lowest BCUT2D eigenvalue weighted by Gasteiger charge is -2.35. The number of thiol groups is 1. The number of carbonyl (C=O) groups is 4. The Morgan fingerprint density at radius 1 is 0.909 bits per heavy atom. The lowest BCUT2D eigenvalue weighted by Crippen LogP contribution is -2.56. The molecule has 2 rings (SSSR count). The first-order valence-electron chi connectivity index (χ1n) is 14.3. The number of alkyl carbamates (subject to hydrolysis) is 1. The van der Waals surface area contributed by atoms with Crippen molar-refractivity contribution >= 4 is 36.5 Å². The van der Waals surface area contributed by atoms with Crippen molar-refractivity contribution in [2.24, 2.45) is 0 Å². The molecule has 3 amide bonds. The van der Waals surface area contributed by atoms with Gasteiger partial charge in [-0.25, -0.2) is 9.59 Å². The Balaban J connectivity index is 2.56. The first kappa shape index (κ1) is 36.4. The predicted molar refractivity (Wildman–Crippen MR) is 169 cm³/mol. The van der Waals surface area contributed by atoms with Gasteiger partial charge in [-0.2, -0.15) is 12.6 Å². The van der Waals surface area contributed by atoms with Crippen molar-refractivity contribution in [3.8, 4) is 5.75 Å². The van der Waals surface area contributed by atoms with Crippen molar-refractivity contribution in [2.45, 2.75) is 84.2 Å². The number of benzene rings is 2. The zero-order chi connectivity index (χ0) is 33.2. The summed E-state index contributed by atoms with van der Waals surface area (Å²) in [6.07, 6.45) is -0.751. The van der Waals surface area contributed by atoms with E-state index in [0.717, 1.165) is 10.5 Å². The van der Waals surface area contributed by atoms with Crippen LogP contribution in [0.1, 0.15) is 64.3 Å². The van der Waals surface area contributed by atoms with E-state index in [9.17, 15) is 29.4 Å². The topological polar surface area (TPSA) is 154 Å². The van der Waals surface area contributed by atoms with Crippen molar-refractivity contribution in [1.29, 1.82) is 0 Å². The van der Waals surface area contributed by atoms with Gasteiger partial charge >= 0.3 is 12.1 Å². The molecular formula is C32H45N3O8S. The highest BCUT2D eigenvalue weighted by molar-refractivity contribution is 7.80. The van der Waals surface area contributed by atoms with Crippen LogP contribution >= 0.6 is 12.6 Å². The van der Waals surface area contributed by atoms with Crippen LogP contribution in [0, 0.1) is 6.92 Å². The second-order valence-corrected chi connectivity index (χ2v) is 12.7. The number of nitrogens with zero attached hydrogens (tertiary/aromatic N) is 1. The highest BCUT2D eigenvalue weighted by Crippen LogP contribution is 2.27. The summed E-state index contributed by atoms with van der Waals surface area (Å²) in [7, 11) is 0. The normalized spacial score (nSPS) is 13.7. The van der Waals surface area contributed by atoms with Crippen LogP contribution in [0.25, 0.3) is 0 Å². The Bertz CT molecular complexity index is 1290. The largest absolute Gasteiger partial charge is 0.508 e. The molecule has 11 nitrogen and oxygen atoms in total. The number of esters is 1. The highest BCUT2D eigenvalue weighted by atomic mass is 32.1. The van der Waals surface area contributed by atoms with Gasteiger partial charge in [0.25, 0.3) is 0 Å². The lowest BCUT2D eigenvalue weighted by atomic mass is 9.99. The van der Waals surface area contributed by atoms with Gasteiger partial charge in [0.15, 0.2) is 0 Å². The molecule has 12 heteroatoms. The summed E-state index contributed by atoms with van der Waals surface area (Å²) in [6, 6.07) is 9.73. The molecule has 2 aromatic rings. The van der Waals surface area contributed by atoms with Crippen LogP contribution in [0.15, 0.2) is 48.5 Å². The molecule has 0 radical (unpaired) electrons. The molecule has 242 valence electrons.